The standard InChI is InChI=1S/C10H23N/c1-8(2)10(4)9(3)6-7-11-5/h8-11H,6-7H2,1-5H3. The molecule has 0 fully saturated rings. The lowest BCUT2D eigenvalue weighted by atomic mass is 9.84. The zero-order valence-corrected chi connectivity index (χ0v) is 8.65. The average molecular weight is 157 g/mol. The van der Waals surface area contributed by atoms with E-state index in [-0.39, 0.29) is 0 Å². The predicted octanol–water partition coefficient (Wildman–Crippen LogP) is 2.52. The molecule has 0 aliphatic carbocycles. The van der Waals surface area contributed by atoms with Gasteiger partial charge in [-0.1, -0.05) is 27.7 Å². The van der Waals surface area contributed by atoms with E-state index in [0.717, 1.165) is 24.3 Å². The summed E-state index contributed by atoms with van der Waals surface area (Å²) in [6.07, 6.45) is 1.30. The Bertz CT molecular complexity index is 88.9. The molecule has 0 radical (unpaired) electrons. The minimum absolute atomic E-state index is 0.821. The van der Waals surface area contributed by atoms with Gasteiger partial charge in [0.2, 0.25) is 0 Å². The Hall–Kier alpha value is -0.0400. The Morgan fingerprint density at radius 2 is 1.64 bits per heavy atom. The Balaban J connectivity index is 3.55. The summed E-state index contributed by atoms with van der Waals surface area (Å²) in [5.41, 5.74) is 0. The van der Waals surface area contributed by atoms with Crippen LogP contribution in [0.25, 0.3) is 0 Å². The molecule has 0 heterocycles. The highest BCUT2D eigenvalue weighted by Gasteiger charge is 2.14. The largest absolute Gasteiger partial charge is 0.320 e. The van der Waals surface area contributed by atoms with Gasteiger partial charge in [-0.3, -0.25) is 0 Å². The molecule has 0 saturated carbocycles. The van der Waals surface area contributed by atoms with Gasteiger partial charge < -0.3 is 5.32 Å². The number of hydrogen-bond acceptors (Lipinski definition) is 1. The van der Waals surface area contributed by atoms with Crippen molar-refractivity contribution >= 4 is 0 Å². The molecule has 0 aromatic carbocycles. The Kier molecular flexibility index (Phi) is 5.57. The lowest BCUT2D eigenvalue weighted by Crippen LogP contribution is -2.19. The summed E-state index contributed by atoms with van der Waals surface area (Å²) in [6, 6.07) is 0. The van der Waals surface area contributed by atoms with Gasteiger partial charge in [0, 0.05) is 0 Å². The highest BCUT2D eigenvalue weighted by atomic mass is 14.8. The van der Waals surface area contributed by atoms with Gasteiger partial charge in [0.15, 0.2) is 0 Å². The third-order valence-corrected chi connectivity index (χ3v) is 2.80. The van der Waals surface area contributed by atoms with Crippen LogP contribution in [0.1, 0.15) is 34.1 Å². The fourth-order valence-corrected chi connectivity index (χ4v) is 1.29. The SMILES string of the molecule is CNCCC(C)C(C)C(C)C. The minimum atomic E-state index is 0.821. The molecule has 0 amide bonds. The first-order chi connectivity index (χ1) is 5.09. The van der Waals surface area contributed by atoms with Gasteiger partial charge in [0.1, 0.15) is 0 Å². The second kappa shape index (κ2) is 5.59. The van der Waals surface area contributed by atoms with Crippen LogP contribution < -0.4 is 5.32 Å². The third-order valence-electron chi connectivity index (χ3n) is 2.80. The summed E-state index contributed by atoms with van der Waals surface area (Å²) in [6.45, 7) is 10.5. The Morgan fingerprint density at radius 3 is 2.00 bits per heavy atom. The average Bonchev–Trinajstić information content (AvgIpc) is 1.98. The summed E-state index contributed by atoms with van der Waals surface area (Å²) >= 11 is 0. The summed E-state index contributed by atoms with van der Waals surface area (Å²) in [7, 11) is 2.02. The van der Waals surface area contributed by atoms with Crippen LogP contribution in [0.4, 0.5) is 0 Å². The first kappa shape index (κ1) is 11.0. The molecule has 2 atom stereocenters. The van der Waals surface area contributed by atoms with E-state index < -0.39 is 0 Å². The van der Waals surface area contributed by atoms with Crippen LogP contribution in [0.2, 0.25) is 0 Å². The van der Waals surface area contributed by atoms with Gasteiger partial charge in [-0.2, -0.15) is 0 Å². The topological polar surface area (TPSA) is 12.0 Å². The predicted molar refractivity (Wildman–Crippen MR) is 51.7 cm³/mol. The maximum atomic E-state index is 3.19. The van der Waals surface area contributed by atoms with Crippen molar-refractivity contribution in [3.8, 4) is 0 Å². The lowest BCUT2D eigenvalue weighted by Gasteiger charge is -2.23. The van der Waals surface area contributed by atoms with Crippen molar-refractivity contribution in [3.63, 3.8) is 0 Å². The van der Waals surface area contributed by atoms with E-state index >= 15 is 0 Å². The Labute approximate surface area is 71.6 Å². The first-order valence-corrected chi connectivity index (χ1v) is 4.74. The molecule has 0 saturated heterocycles. The van der Waals surface area contributed by atoms with E-state index in [4.69, 9.17) is 0 Å². The highest BCUT2D eigenvalue weighted by molar-refractivity contribution is 4.65. The molecular formula is C10H23N. The quantitative estimate of drug-likeness (QED) is 0.646. The molecule has 0 aromatic heterocycles. The van der Waals surface area contributed by atoms with Crippen molar-refractivity contribution in [2.45, 2.75) is 34.1 Å². The summed E-state index contributed by atoms with van der Waals surface area (Å²) in [5, 5.41) is 3.19. The van der Waals surface area contributed by atoms with Crippen LogP contribution in [0.5, 0.6) is 0 Å². The monoisotopic (exact) mass is 157 g/mol. The molecule has 0 rings (SSSR count). The van der Waals surface area contributed by atoms with E-state index in [9.17, 15) is 0 Å². The van der Waals surface area contributed by atoms with E-state index in [2.05, 4.69) is 33.0 Å². The zero-order chi connectivity index (χ0) is 8.85. The molecule has 0 aliphatic rings. The van der Waals surface area contributed by atoms with Gasteiger partial charge in [-0.15, -0.1) is 0 Å². The fraction of sp³-hybridized carbons (Fsp3) is 1.00. The molecule has 1 heteroatoms. The van der Waals surface area contributed by atoms with Crippen molar-refractivity contribution in [1.82, 2.24) is 5.32 Å². The van der Waals surface area contributed by atoms with E-state index in [1.165, 1.54) is 6.42 Å². The van der Waals surface area contributed by atoms with Crippen molar-refractivity contribution in [1.29, 1.82) is 0 Å². The molecule has 68 valence electrons. The molecule has 1 nitrogen and oxygen atoms in total. The molecule has 2 unspecified atom stereocenters. The van der Waals surface area contributed by atoms with Crippen LogP contribution in [-0.4, -0.2) is 13.6 Å². The van der Waals surface area contributed by atoms with Gasteiger partial charge in [-0.05, 0) is 37.8 Å². The fourth-order valence-electron chi connectivity index (χ4n) is 1.29. The molecule has 0 aliphatic heterocycles. The summed E-state index contributed by atoms with van der Waals surface area (Å²) < 4.78 is 0. The molecule has 0 spiro atoms. The minimum Gasteiger partial charge on any atom is -0.320 e. The van der Waals surface area contributed by atoms with Crippen molar-refractivity contribution in [3.05, 3.63) is 0 Å². The number of rotatable bonds is 5. The van der Waals surface area contributed by atoms with Gasteiger partial charge in [-0.25, -0.2) is 0 Å². The molecule has 0 aromatic rings. The number of hydrogen-bond donors (Lipinski definition) is 1. The van der Waals surface area contributed by atoms with Crippen molar-refractivity contribution in [2.24, 2.45) is 17.8 Å². The maximum Gasteiger partial charge on any atom is -0.00493 e. The molecule has 11 heavy (non-hydrogen) atoms. The van der Waals surface area contributed by atoms with E-state index in [0.29, 0.717) is 0 Å². The van der Waals surface area contributed by atoms with Gasteiger partial charge in [0.05, 0.1) is 0 Å². The van der Waals surface area contributed by atoms with Crippen LogP contribution in [0.15, 0.2) is 0 Å². The summed E-state index contributed by atoms with van der Waals surface area (Å²) in [5.74, 6) is 2.52. The van der Waals surface area contributed by atoms with Crippen LogP contribution >= 0.6 is 0 Å². The zero-order valence-electron chi connectivity index (χ0n) is 8.65. The Morgan fingerprint density at radius 1 is 1.09 bits per heavy atom. The van der Waals surface area contributed by atoms with Crippen LogP contribution in [0, 0.1) is 17.8 Å². The van der Waals surface area contributed by atoms with Crippen molar-refractivity contribution in [2.75, 3.05) is 13.6 Å². The smallest absolute Gasteiger partial charge is 0.00493 e. The third kappa shape index (κ3) is 4.41. The second-order valence-electron chi connectivity index (χ2n) is 3.97. The highest BCUT2D eigenvalue weighted by Crippen LogP contribution is 2.21. The maximum absolute atomic E-state index is 3.19. The molecular weight excluding hydrogens is 134 g/mol. The summed E-state index contributed by atoms with van der Waals surface area (Å²) in [4.78, 5) is 0. The van der Waals surface area contributed by atoms with Crippen molar-refractivity contribution < 1.29 is 0 Å². The van der Waals surface area contributed by atoms with E-state index in [1.807, 2.05) is 7.05 Å². The molecule has 1 N–H and O–H groups in total. The normalized spacial score (nSPS) is 16.9. The van der Waals surface area contributed by atoms with Crippen LogP contribution in [-0.2, 0) is 0 Å². The van der Waals surface area contributed by atoms with Gasteiger partial charge >= 0.3 is 0 Å². The first-order valence-electron chi connectivity index (χ1n) is 4.74. The van der Waals surface area contributed by atoms with Gasteiger partial charge in [0.25, 0.3) is 0 Å². The second-order valence-corrected chi connectivity index (χ2v) is 3.97. The number of nitrogens with one attached hydrogen (secondary N) is 1. The molecule has 0 bridgehead atoms. The van der Waals surface area contributed by atoms with Crippen LogP contribution in [0.3, 0.4) is 0 Å². The van der Waals surface area contributed by atoms with E-state index in [1.54, 1.807) is 0 Å². The lowest BCUT2D eigenvalue weighted by molar-refractivity contribution is 0.281.